The largest absolute Gasteiger partial charge is 0.368 e. The van der Waals surface area contributed by atoms with E-state index in [1.54, 1.807) is 0 Å². The number of nitrogens with zero attached hydrogens (tertiary/aromatic N) is 1. The van der Waals surface area contributed by atoms with Crippen molar-refractivity contribution < 1.29 is 14.3 Å². The standard InChI is InChI=1S/C21H23NO3/c23-21-20(25-15-17-10-5-2-6-11-17)19(18-12-7-13-22(18)21)24-14-16-8-3-1-4-9-16/h1-6,8-11,18-20H,7,12-15H2/t18-,19-,20+/m0/s1. The van der Waals surface area contributed by atoms with Gasteiger partial charge in [0, 0.05) is 6.54 Å². The minimum atomic E-state index is -0.505. The monoisotopic (exact) mass is 337 g/mol. The first-order valence-corrected chi connectivity index (χ1v) is 8.94. The lowest BCUT2D eigenvalue weighted by molar-refractivity contribution is -0.142. The van der Waals surface area contributed by atoms with E-state index in [1.165, 1.54) is 0 Å². The number of amides is 1. The van der Waals surface area contributed by atoms with Gasteiger partial charge in [-0.05, 0) is 24.0 Å². The van der Waals surface area contributed by atoms with E-state index in [2.05, 4.69) is 0 Å². The van der Waals surface area contributed by atoms with Crippen molar-refractivity contribution in [3.63, 3.8) is 0 Å². The first kappa shape index (κ1) is 16.3. The van der Waals surface area contributed by atoms with Crippen LogP contribution in [-0.2, 0) is 27.5 Å². The molecule has 2 aliphatic heterocycles. The van der Waals surface area contributed by atoms with Crippen LogP contribution in [0.25, 0.3) is 0 Å². The van der Waals surface area contributed by atoms with Crippen LogP contribution in [-0.4, -0.2) is 35.6 Å². The molecule has 0 spiro atoms. The van der Waals surface area contributed by atoms with Gasteiger partial charge in [-0.15, -0.1) is 0 Å². The van der Waals surface area contributed by atoms with E-state index in [0.717, 1.165) is 30.5 Å². The van der Waals surface area contributed by atoms with Gasteiger partial charge in [-0.25, -0.2) is 0 Å². The smallest absolute Gasteiger partial charge is 0.254 e. The second-order valence-electron chi connectivity index (χ2n) is 6.72. The Kier molecular flexibility index (Phi) is 4.81. The zero-order chi connectivity index (χ0) is 17.1. The molecule has 0 aliphatic carbocycles. The van der Waals surface area contributed by atoms with E-state index >= 15 is 0 Å². The maximum Gasteiger partial charge on any atom is 0.254 e. The number of carbonyl (C=O) groups is 1. The van der Waals surface area contributed by atoms with E-state index in [9.17, 15) is 4.79 Å². The maximum absolute atomic E-state index is 12.8. The fourth-order valence-corrected chi connectivity index (χ4v) is 3.80. The molecule has 4 rings (SSSR count). The molecule has 1 amide bonds. The Balaban J connectivity index is 1.45. The molecule has 2 heterocycles. The number of fused-ring (bicyclic) bond motifs is 1. The third-order valence-electron chi connectivity index (χ3n) is 5.06. The van der Waals surface area contributed by atoms with Gasteiger partial charge in [-0.2, -0.15) is 0 Å². The van der Waals surface area contributed by atoms with E-state index in [-0.39, 0.29) is 18.1 Å². The third-order valence-corrected chi connectivity index (χ3v) is 5.06. The molecule has 130 valence electrons. The van der Waals surface area contributed by atoms with Gasteiger partial charge in [0.2, 0.25) is 0 Å². The molecule has 2 fully saturated rings. The first-order chi connectivity index (χ1) is 12.3. The zero-order valence-corrected chi connectivity index (χ0v) is 14.2. The van der Waals surface area contributed by atoms with Crippen molar-refractivity contribution in [3.05, 3.63) is 71.8 Å². The molecule has 4 nitrogen and oxygen atoms in total. The summed E-state index contributed by atoms with van der Waals surface area (Å²) in [6.45, 7) is 1.76. The summed E-state index contributed by atoms with van der Waals surface area (Å²) in [5.74, 6) is 0.0801. The number of hydrogen-bond acceptors (Lipinski definition) is 3. The molecule has 2 aromatic rings. The second-order valence-corrected chi connectivity index (χ2v) is 6.72. The van der Waals surface area contributed by atoms with Crippen molar-refractivity contribution >= 4 is 5.91 Å². The number of hydrogen-bond donors (Lipinski definition) is 0. The van der Waals surface area contributed by atoms with Gasteiger partial charge < -0.3 is 14.4 Å². The summed E-state index contributed by atoms with van der Waals surface area (Å²) in [5, 5.41) is 0. The van der Waals surface area contributed by atoms with E-state index in [1.807, 2.05) is 65.6 Å². The molecular weight excluding hydrogens is 314 g/mol. The van der Waals surface area contributed by atoms with Crippen LogP contribution in [0, 0.1) is 0 Å². The maximum atomic E-state index is 12.8. The summed E-state index contributed by atoms with van der Waals surface area (Å²) >= 11 is 0. The highest BCUT2D eigenvalue weighted by molar-refractivity contribution is 5.85. The highest BCUT2D eigenvalue weighted by atomic mass is 16.5. The van der Waals surface area contributed by atoms with Crippen LogP contribution in [0.1, 0.15) is 24.0 Å². The van der Waals surface area contributed by atoms with E-state index in [0.29, 0.717) is 13.2 Å². The Bertz CT molecular complexity index is 704. The van der Waals surface area contributed by atoms with Crippen molar-refractivity contribution in [3.8, 4) is 0 Å². The minimum Gasteiger partial charge on any atom is -0.368 e. The Morgan fingerprint density at radius 2 is 1.48 bits per heavy atom. The zero-order valence-electron chi connectivity index (χ0n) is 14.2. The Hall–Kier alpha value is -2.17. The summed E-state index contributed by atoms with van der Waals surface area (Å²) in [5.41, 5.74) is 2.19. The summed E-state index contributed by atoms with van der Waals surface area (Å²) in [6.07, 6.45) is 1.34. The SMILES string of the molecule is O=C1[C@H](OCc2ccccc2)[C@@H](OCc2ccccc2)[C@@H]2CCCN12. The minimum absolute atomic E-state index is 0.0801. The van der Waals surface area contributed by atoms with Crippen LogP contribution in [0.2, 0.25) is 0 Å². The van der Waals surface area contributed by atoms with Crippen LogP contribution >= 0.6 is 0 Å². The predicted octanol–water partition coefficient (Wildman–Crippen LogP) is 3.16. The van der Waals surface area contributed by atoms with Gasteiger partial charge in [-0.1, -0.05) is 60.7 Å². The topological polar surface area (TPSA) is 38.8 Å². The quantitative estimate of drug-likeness (QED) is 0.813. The summed E-state index contributed by atoms with van der Waals surface area (Å²) in [6, 6.07) is 20.2. The highest BCUT2D eigenvalue weighted by Crippen LogP contribution is 2.33. The second kappa shape index (κ2) is 7.38. The van der Waals surface area contributed by atoms with Gasteiger partial charge >= 0.3 is 0 Å². The average Bonchev–Trinajstić information content (AvgIpc) is 3.23. The van der Waals surface area contributed by atoms with Crippen LogP contribution in [0.15, 0.2) is 60.7 Å². The lowest BCUT2D eigenvalue weighted by Crippen LogP contribution is -2.36. The van der Waals surface area contributed by atoms with E-state index < -0.39 is 6.10 Å². The van der Waals surface area contributed by atoms with Crippen molar-refractivity contribution in [2.24, 2.45) is 0 Å². The molecule has 0 saturated carbocycles. The van der Waals surface area contributed by atoms with Gasteiger partial charge in [0.25, 0.3) is 5.91 Å². The molecule has 0 unspecified atom stereocenters. The molecule has 0 bridgehead atoms. The summed E-state index contributed by atoms with van der Waals surface area (Å²) in [7, 11) is 0. The fraction of sp³-hybridized carbons (Fsp3) is 0.381. The fourth-order valence-electron chi connectivity index (χ4n) is 3.80. The van der Waals surface area contributed by atoms with Crippen LogP contribution < -0.4 is 0 Å². The molecule has 2 aliphatic rings. The molecular formula is C21H23NO3. The summed E-state index contributed by atoms with van der Waals surface area (Å²) in [4.78, 5) is 14.7. The molecule has 3 atom stereocenters. The van der Waals surface area contributed by atoms with Crippen LogP contribution in [0.5, 0.6) is 0 Å². The molecule has 0 radical (unpaired) electrons. The first-order valence-electron chi connectivity index (χ1n) is 8.94. The van der Waals surface area contributed by atoms with Gasteiger partial charge in [0.15, 0.2) is 6.10 Å². The van der Waals surface area contributed by atoms with Crippen molar-refractivity contribution in [2.75, 3.05) is 6.54 Å². The molecule has 2 saturated heterocycles. The van der Waals surface area contributed by atoms with Gasteiger partial charge in [0.1, 0.15) is 6.10 Å². The average molecular weight is 337 g/mol. The normalized spacial score (nSPS) is 25.4. The Labute approximate surface area is 148 Å². The Morgan fingerprint density at radius 1 is 0.880 bits per heavy atom. The van der Waals surface area contributed by atoms with Crippen LogP contribution in [0.3, 0.4) is 0 Å². The van der Waals surface area contributed by atoms with Crippen molar-refractivity contribution in [1.82, 2.24) is 4.90 Å². The predicted molar refractivity (Wildman–Crippen MR) is 94.8 cm³/mol. The number of carbonyl (C=O) groups excluding carboxylic acids is 1. The molecule has 0 aromatic heterocycles. The van der Waals surface area contributed by atoms with Gasteiger partial charge in [-0.3, -0.25) is 4.79 Å². The number of rotatable bonds is 6. The molecule has 25 heavy (non-hydrogen) atoms. The number of benzene rings is 2. The highest BCUT2D eigenvalue weighted by Gasteiger charge is 2.51. The third kappa shape index (κ3) is 3.46. The van der Waals surface area contributed by atoms with Gasteiger partial charge in [0.05, 0.1) is 19.3 Å². The Morgan fingerprint density at radius 3 is 2.12 bits per heavy atom. The molecule has 2 aromatic carbocycles. The molecule has 0 N–H and O–H groups in total. The lowest BCUT2D eigenvalue weighted by Gasteiger charge is -2.22. The molecule has 4 heteroatoms. The van der Waals surface area contributed by atoms with E-state index in [4.69, 9.17) is 9.47 Å². The van der Waals surface area contributed by atoms with Crippen LogP contribution in [0.4, 0.5) is 0 Å². The summed E-state index contributed by atoms with van der Waals surface area (Å²) < 4.78 is 12.2. The van der Waals surface area contributed by atoms with Crippen molar-refractivity contribution in [2.45, 2.75) is 44.3 Å². The van der Waals surface area contributed by atoms with Crippen molar-refractivity contribution in [1.29, 1.82) is 0 Å². The lowest BCUT2D eigenvalue weighted by atomic mass is 10.1. The number of ether oxygens (including phenoxy) is 2.